The summed E-state index contributed by atoms with van der Waals surface area (Å²) in [7, 11) is 1.72. The minimum atomic E-state index is 0.190. The molecule has 0 bridgehead atoms. The summed E-state index contributed by atoms with van der Waals surface area (Å²) in [5.74, 6) is 0. The summed E-state index contributed by atoms with van der Waals surface area (Å²) in [5, 5.41) is 3.21. The van der Waals surface area contributed by atoms with E-state index in [2.05, 4.69) is 5.32 Å². The van der Waals surface area contributed by atoms with Gasteiger partial charge in [-0.25, -0.2) is 0 Å². The van der Waals surface area contributed by atoms with E-state index in [0.717, 1.165) is 26.0 Å². The van der Waals surface area contributed by atoms with Crippen LogP contribution in [0.3, 0.4) is 0 Å². The second-order valence-corrected chi connectivity index (χ2v) is 2.54. The summed E-state index contributed by atoms with van der Waals surface area (Å²) >= 11 is 0. The molecule has 1 aliphatic rings. The molecule has 1 aliphatic heterocycles. The van der Waals surface area contributed by atoms with E-state index in [0.29, 0.717) is 0 Å². The number of hydrogen-bond donors (Lipinski definition) is 1. The van der Waals surface area contributed by atoms with Crippen LogP contribution in [0.2, 0.25) is 0 Å². The highest BCUT2D eigenvalue weighted by Gasteiger charge is 2.07. The molecule has 0 saturated heterocycles. The van der Waals surface area contributed by atoms with Gasteiger partial charge in [-0.2, -0.15) is 0 Å². The SMILES string of the molecule is COCCCC1NCC=CO1. The molecule has 0 saturated carbocycles. The Labute approximate surface area is 67.4 Å². The maximum atomic E-state index is 5.28. The maximum absolute atomic E-state index is 5.28. The van der Waals surface area contributed by atoms with Gasteiger partial charge in [0, 0.05) is 26.7 Å². The van der Waals surface area contributed by atoms with Crippen molar-refractivity contribution in [3.8, 4) is 0 Å². The Morgan fingerprint density at radius 2 is 2.64 bits per heavy atom. The van der Waals surface area contributed by atoms with Crippen LogP contribution in [0, 0.1) is 0 Å². The molecule has 1 atom stereocenters. The largest absolute Gasteiger partial charge is 0.483 e. The van der Waals surface area contributed by atoms with Crippen LogP contribution in [-0.4, -0.2) is 26.5 Å². The van der Waals surface area contributed by atoms with Gasteiger partial charge in [0.05, 0.1) is 6.26 Å². The molecule has 0 aromatic rings. The number of nitrogens with one attached hydrogen (secondary N) is 1. The second-order valence-electron chi connectivity index (χ2n) is 2.54. The molecular formula is C8H15NO2. The molecule has 64 valence electrons. The zero-order chi connectivity index (χ0) is 7.94. The summed E-state index contributed by atoms with van der Waals surface area (Å²) in [6.07, 6.45) is 5.97. The molecule has 3 nitrogen and oxygen atoms in total. The third-order valence-corrected chi connectivity index (χ3v) is 1.62. The predicted octanol–water partition coefficient (Wildman–Crippen LogP) is 0.873. The molecule has 0 aromatic heterocycles. The smallest absolute Gasteiger partial charge is 0.149 e. The van der Waals surface area contributed by atoms with E-state index in [-0.39, 0.29) is 6.23 Å². The molecule has 1 N–H and O–H groups in total. The highest BCUT2D eigenvalue weighted by Crippen LogP contribution is 2.02. The van der Waals surface area contributed by atoms with Crippen molar-refractivity contribution in [2.75, 3.05) is 20.3 Å². The van der Waals surface area contributed by atoms with E-state index < -0.39 is 0 Å². The van der Waals surface area contributed by atoms with Crippen molar-refractivity contribution in [3.63, 3.8) is 0 Å². The highest BCUT2D eigenvalue weighted by molar-refractivity contribution is 4.82. The van der Waals surface area contributed by atoms with Crippen LogP contribution in [0.15, 0.2) is 12.3 Å². The van der Waals surface area contributed by atoms with Crippen molar-refractivity contribution in [2.24, 2.45) is 0 Å². The van der Waals surface area contributed by atoms with Gasteiger partial charge in [0.25, 0.3) is 0 Å². The average molecular weight is 157 g/mol. The van der Waals surface area contributed by atoms with Crippen LogP contribution in [0.1, 0.15) is 12.8 Å². The standard InChI is InChI=1S/C8H15NO2/c1-10-6-2-4-8-9-5-3-7-11-8/h3,7-9H,2,4-6H2,1H3. The first-order valence-corrected chi connectivity index (χ1v) is 3.96. The normalized spacial score (nSPS) is 23.2. The number of methoxy groups -OCH3 is 1. The Morgan fingerprint density at radius 3 is 3.27 bits per heavy atom. The third-order valence-electron chi connectivity index (χ3n) is 1.62. The first-order valence-electron chi connectivity index (χ1n) is 3.96. The molecule has 0 spiro atoms. The fourth-order valence-electron chi connectivity index (χ4n) is 1.03. The van der Waals surface area contributed by atoms with Crippen LogP contribution in [-0.2, 0) is 9.47 Å². The van der Waals surface area contributed by atoms with Crippen molar-refractivity contribution in [1.82, 2.24) is 5.32 Å². The second kappa shape index (κ2) is 5.16. The number of rotatable bonds is 4. The Balaban J connectivity index is 2.02. The van der Waals surface area contributed by atoms with Crippen molar-refractivity contribution in [3.05, 3.63) is 12.3 Å². The van der Waals surface area contributed by atoms with Gasteiger partial charge in [-0.05, 0) is 12.5 Å². The molecule has 0 aromatic carbocycles. The molecule has 11 heavy (non-hydrogen) atoms. The predicted molar refractivity (Wildman–Crippen MR) is 43.1 cm³/mol. The zero-order valence-electron chi connectivity index (χ0n) is 6.88. The lowest BCUT2D eigenvalue weighted by Gasteiger charge is -2.20. The van der Waals surface area contributed by atoms with E-state index in [9.17, 15) is 0 Å². The van der Waals surface area contributed by atoms with Crippen molar-refractivity contribution in [2.45, 2.75) is 19.1 Å². The summed E-state index contributed by atoms with van der Waals surface area (Å²) in [4.78, 5) is 0. The van der Waals surface area contributed by atoms with E-state index in [4.69, 9.17) is 9.47 Å². The van der Waals surface area contributed by atoms with Gasteiger partial charge in [-0.1, -0.05) is 0 Å². The molecule has 0 radical (unpaired) electrons. The van der Waals surface area contributed by atoms with Gasteiger partial charge in [0.2, 0.25) is 0 Å². The van der Waals surface area contributed by atoms with Crippen LogP contribution in [0.25, 0.3) is 0 Å². The maximum Gasteiger partial charge on any atom is 0.149 e. The van der Waals surface area contributed by atoms with Gasteiger partial charge in [0.15, 0.2) is 0 Å². The van der Waals surface area contributed by atoms with Crippen LogP contribution >= 0.6 is 0 Å². The summed E-state index contributed by atoms with van der Waals surface area (Å²) in [6.45, 7) is 1.73. The fourth-order valence-corrected chi connectivity index (χ4v) is 1.03. The Kier molecular flexibility index (Phi) is 4.01. The monoisotopic (exact) mass is 157 g/mol. The van der Waals surface area contributed by atoms with Crippen molar-refractivity contribution < 1.29 is 9.47 Å². The van der Waals surface area contributed by atoms with E-state index in [1.54, 1.807) is 13.4 Å². The molecule has 1 rings (SSSR count). The molecule has 1 unspecified atom stereocenters. The van der Waals surface area contributed by atoms with Crippen molar-refractivity contribution in [1.29, 1.82) is 0 Å². The lowest BCUT2D eigenvalue weighted by atomic mass is 10.3. The van der Waals surface area contributed by atoms with Gasteiger partial charge >= 0.3 is 0 Å². The first-order chi connectivity index (χ1) is 5.43. The van der Waals surface area contributed by atoms with Crippen molar-refractivity contribution >= 4 is 0 Å². The van der Waals surface area contributed by atoms with Crippen LogP contribution in [0.4, 0.5) is 0 Å². The van der Waals surface area contributed by atoms with Gasteiger partial charge in [-0.3, -0.25) is 5.32 Å². The highest BCUT2D eigenvalue weighted by atomic mass is 16.5. The molecule has 3 heteroatoms. The van der Waals surface area contributed by atoms with Gasteiger partial charge in [-0.15, -0.1) is 0 Å². The van der Waals surface area contributed by atoms with Crippen LogP contribution < -0.4 is 5.32 Å². The molecule has 0 amide bonds. The van der Waals surface area contributed by atoms with Gasteiger partial charge < -0.3 is 9.47 Å². The Morgan fingerprint density at radius 1 is 1.73 bits per heavy atom. The average Bonchev–Trinajstić information content (AvgIpc) is 2.07. The molecule has 0 fully saturated rings. The first kappa shape index (κ1) is 8.56. The van der Waals surface area contributed by atoms with E-state index in [1.165, 1.54) is 0 Å². The minimum absolute atomic E-state index is 0.190. The van der Waals surface area contributed by atoms with Crippen LogP contribution in [0.5, 0.6) is 0 Å². The molecule has 0 aliphatic carbocycles. The van der Waals surface area contributed by atoms with Gasteiger partial charge in [0.1, 0.15) is 6.23 Å². The lowest BCUT2D eigenvalue weighted by molar-refractivity contribution is 0.0823. The lowest BCUT2D eigenvalue weighted by Crippen LogP contribution is -2.33. The van der Waals surface area contributed by atoms with E-state index >= 15 is 0 Å². The quantitative estimate of drug-likeness (QED) is 0.614. The summed E-state index contributed by atoms with van der Waals surface area (Å²) < 4.78 is 10.2. The Bertz CT molecular complexity index is 125. The Hall–Kier alpha value is -0.540. The number of ether oxygens (including phenoxy) is 2. The zero-order valence-corrected chi connectivity index (χ0v) is 6.88. The molecule has 1 heterocycles. The third kappa shape index (κ3) is 3.39. The summed E-state index contributed by atoms with van der Waals surface area (Å²) in [5.41, 5.74) is 0. The van der Waals surface area contributed by atoms with E-state index in [1.807, 2.05) is 6.08 Å². The topological polar surface area (TPSA) is 30.5 Å². The summed E-state index contributed by atoms with van der Waals surface area (Å²) in [6, 6.07) is 0. The minimum Gasteiger partial charge on any atom is -0.483 e. The fraction of sp³-hybridized carbons (Fsp3) is 0.750. The molecular weight excluding hydrogens is 142 g/mol. The number of hydrogen-bond acceptors (Lipinski definition) is 3.